The average molecular weight is 303 g/mol. The zero-order valence-electron chi connectivity index (χ0n) is 11.3. The van der Waals surface area contributed by atoms with E-state index in [0.717, 1.165) is 12.0 Å². The smallest absolute Gasteiger partial charge is 0.179 e. The third kappa shape index (κ3) is 4.71. The second-order valence-electron chi connectivity index (χ2n) is 4.47. The fraction of sp³-hybridized carbons (Fsp3) is 0.538. The van der Waals surface area contributed by atoms with Crippen LogP contribution in [0.4, 0.5) is 0 Å². The lowest BCUT2D eigenvalue weighted by Crippen LogP contribution is -2.19. The average Bonchev–Trinajstić information content (AvgIpc) is 2.44. The van der Waals surface area contributed by atoms with Crippen LogP contribution in [0.1, 0.15) is 25.8 Å². The number of hydrogen-bond donors (Lipinski definition) is 1. The van der Waals surface area contributed by atoms with Crippen LogP contribution in [0.2, 0.25) is 0 Å². The predicted molar refractivity (Wildman–Crippen MR) is 79.1 cm³/mol. The molecule has 6 heteroatoms. The summed E-state index contributed by atoms with van der Waals surface area (Å²) in [5.74, 6) is 0.113. The van der Waals surface area contributed by atoms with Crippen molar-refractivity contribution in [1.82, 2.24) is 0 Å². The van der Waals surface area contributed by atoms with E-state index in [1.165, 1.54) is 0 Å². The Hall–Kier alpha value is -0.720. The molecule has 0 saturated carbocycles. The molecule has 0 radical (unpaired) electrons. The van der Waals surface area contributed by atoms with Crippen LogP contribution in [0, 0.1) is 0 Å². The van der Waals surface area contributed by atoms with Crippen molar-refractivity contribution < 1.29 is 12.6 Å². The van der Waals surface area contributed by atoms with Gasteiger partial charge in [-0.15, -0.1) is 0 Å². The molecule has 0 bridgehead atoms. The summed E-state index contributed by atoms with van der Waals surface area (Å²) in [6.07, 6.45) is 0.790. The summed E-state index contributed by atoms with van der Waals surface area (Å²) < 4.78 is 35.9. The molecule has 108 valence electrons. The molecule has 2 N–H and O–H groups in total. The fourth-order valence-electron chi connectivity index (χ4n) is 1.53. The first-order chi connectivity index (χ1) is 8.90. The molecule has 2 atom stereocenters. The van der Waals surface area contributed by atoms with Gasteiger partial charge in [-0.1, -0.05) is 26.0 Å². The first-order valence-corrected chi connectivity index (χ1v) is 9.33. The molecule has 0 aliphatic rings. The molecule has 0 amide bonds. The number of nitrogens with two attached hydrogens (primary N) is 1. The van der Waals surface area contributed by atoms with E-state index in [0.29, 0.717) is 6.54 Å². The third-order valence-electron chi connectivity index (χ3n) is 3.10. The highest BCUT2D eigenvalue weighted by Gasteiger charge is 2.17. The first-order valence-electron chi connectivity index (χ1n) is 6.29. The second-order valence-corrected chi connectivity index (χ2v) is 8.55. The van der Waals surface area contributed by atoms with Gasteiger partial charge in [0.1, 0.15) is 0 Å². The molecule has 2 unspecified atom stereocenters. The summed E-state index contributed by atoms with van der Waals surface area (Å²) >= 11 is 0. The molecule has 0 saturated heterocycles. The van der Waals surface area contributed by atoms with Gasteiger partial charge in [0, 0.05) is 28.3 Å². The largest absolute Gasteiger partial charge is 0.326 e. The van der Waals surface area contributed by atoms with Crippen molar-refractivity contribution in [2.75, 3.05) is 11.5 Å². The Balaban J connectivity index is 2.73. The molecule has 0 fully saturated rings. The maximum absolute atomic E-state index is 12.1. The molecule has 19 heavy (non-hydrogen) atoms. The highest BCUT2D eigenvalue weighted by atomic mass is 32.2. The summed E-state index contributed by atoms with van der Waals surface area (Å²) in [4.78, 5) is 0.269. The van der Waals surface area contributed by atoms with Gasteiger partial charge in [-0.05, 0) is 24.1 Å². The monoisotopic (exact) mass is 303 g/mol. The van der Waals surface area contributed by atoms with Gasteiger partial charge in [0.2, 0.25) is 0 Å². The molecule has 1 rings (SSSR count). The predicted octanol–water partition coefficient (Wildman–Crippen LogP) is 1.47. The van der Waals surface area contributed by atoms with Crippen LogP contribution in [0.15, 0.2) is 29.2 Å². The molecule has 0 heterocycles. The van der Waals surface area contributed by atoms with Crippen molar-refractivity contribution in [2.45, 2.75) is 37.0 Å². The Morgan fingerprint density at radius 3 is 2.32 bits per heavy atom. The number of rotatable bonds is 7. The minimum Gasteiger partial charge on any atom is -0.326 e. The maximum atomic E-state index is 12.1. The van der Waals surface area contributed by atoms with Crippen molar-refractivity contribution in [1.29, 1.82) is 0 Å². The van der Waals surface area contributed by atoms with E-state index < -0.39 is 20.6 Å². The SMILES string of the molecule is CCC(C)S(=O)CCS(=O)(=O)c1ccc(CN)cc1. The maximum Gasteiger partial charge on any atom is 0.179 e. The Labute approximate surface area is 117 Å². The molecule has 0 aliphatic carbocycles. The van der Waals surface area contributed by atoms with Crippen LogP contribution in [-0.2, 0) is 27.2 Å². The normalized spacial score (nSPS) is 15.1. The van der Waals surface area contributed by atoms with Crippen molar-refractivity contribution in [2.24, 2.45) is 5.73 Å². The highest BCUT2D eigenvalue weighted by molar-refractivity contribution is 7.93. The second kappa shape index (κ2) is 7.17. The lowest BCUT2D eigenvalue weighted by molar-refractivity contribution is 0.596. The summed E-state index contributed by atoms with van der Waals surface area (Å²) in [5.41, 5.74) is 6.36. The van der Waals surface area contributed by atoms with Gasteiger partial charge < -0.3 is 5.73 Å². The summed E-state index contributed by atoms with van der Waals surface area (Å²) in [6, 6.07) is 6.53. The molecule has 1 aromatic rings. The van der Waals surface area contributed by atoms with E-state index in [1.54, 1.807) is 24.3 Å². The summed E-state index contributed by atoms with van der Waals surface area (Å²) in [7, 11) is -4.45. The number of sulfone groups is 1. The summed E-state index contributed by atoms with van der Waals surface area (Å²) in [5, 5.41) is 0.0369. The minimum atomic E-state index is -3.36. The van der Waals surface area contributed by atoms with Crippen LogP contribution < -0.4 is 5.73 Å². The molecular weight excluding hydrogens is 282 g/mol. The molecule has 0 aromatic heterocycles. The van der Waals surface area contributed by atoms with Gasteiger partial charge in [-0.25, -0.2) is 8.42 Å². The van der Waals surface area contributed by atoms with Crippen molar-refractivity contribution >= 4 is 20.6 Å². The zero-order valence-corrected chi connectivity index (χ0v) is 13.0. The van der Waals surface area contributed by atoms with Gasteiger partial charge in [0.05, 0.1) is 10.6 Å². The quantitative estimate of drug-likeness (QED) is 0.827. The van der Waals surface area contributed by atoms with Gasteiger partial charge in [-0.3, -0.25) is 4.21 Å². The fourth-order valence-corrected chi connectivity index (χ4v) is 4.62. The van der Waals surface area contributed by atoms with Crippen LogP contribution in [0.5, 0.6) is 0 Å². The van der Waals surface area contributed by atoms with Gasteiger partial charge in [-0.2, -0.15) is 0 Å². The topological polar surface area (TPSA) is 77.2 Å². The zero-order chi connectivity index (χ0) is 14.5. The van der Waals surface area contributed by atoms with E-state index in [2.05, 4.69) is 0 Å². The molecular formula is C13H21NO3S2. The van der Waals surface area contributed by atoms with E-state index >= 15 is 0 Å². The lowest BCUT2D eigenvalue weighted by Gasteiger charge is -2.09. The third-order valence-corrected chi connectivity index (χ3v) is 6.92. The van der Waals surface area contributed by atoms with E-state index in [1.807, 2.05) is 13.8 Å². The standard InChI is InChI=1S/C13H21NO3S2/c1-3-11(2)18(15)8-9-19(16,17)13-6-4-12(10-14)5-7-13/h4-7,11H,3,8-10,14H2,1-2H3. The minimum absolute atomic E-state index is 0.0369. The molecule has 4 nitrogen and oxygen atoms in total. The molecule has 0 spiro atoms. The van der Waals surface area contributed by atoms with Gasteiger partial charge in [0.15, 0.2) is 9.84 Å². The Morgan fingerprint density at radius 2 is 1.84 bits per heavy atom. The lowest BCUT2D eigenvalue weighted by atomic mass is 10.2. The van der Waals surface area contributed by atoms with Gasteiger partial charge in [0.25, 0.3) is 0 Å². The van der Waals surface area contributed by atoms with E-state index in [9.17, 15) is 12.6 Å². The van der Waals surface area contributed by atoms with Crippen LogP contribution in [0.25, 0.3) is 0 Å². The number of benzene rings is 1. The Bertz CT molecular complexity index is 523. The molecule has 1 aromatic carbocycles. The van der Waals surface area contributed by atoms with Crippen LogP contribution in [-0.4, -0.2) is 29.4 Å². The highest BCUT2D eigenvalue weighted by Crippen LogP contribution is 2.13. The van der Waals surface area contributed by atoms with E-state index in [-0.39, 0.29) is 21.7 Å². The Kier molecular flexibility index (Phi) is 6.16. The van der Waals surface area contributed by atoms with Crippen LogP contribution in [0.3, 0.4) is 0 Å². The van der Waals surface area contributed by atoms with Crippen molar-refractivity contribution in [3.8, 4) is 0 Å². The summed E-state index contributed by atoms with van der Waals surface area (Å²) in [6.45, 7) is 4.21. The van der Waals surface area contributed by atoms with Gasteiger partial charge >= 0.3 is 0 Å². The number of hydrogen-bond acceptors (Lipinski definition) is 4. The molecule has 0 aliphatic heterocycles. The van der Waals surface area contributed by atoms with Crippen molar-refractivity contribution in [3.05, 3.63) is 29.8 Å². The Morgan fingerprint density at radius 1 is 1.26 bits per heavy atom. The van der Waals surface area contributed by atoms with Crippen molar-refractivity contribution in [3.63, 3.8) is 0 Å². The van der Waals surface area contributed by atoms with Crippen LogP contribution >= 0.6 is 0 Å². The van der Waals surface area contributed by atoms with E-state index in [4.69, 9.17) is 5.73 Å². The first kappa shape index (κ1) is 16.3.